The minimum Gasteiger partial charge on any atom is -0.469 e. The van der Waals surface area contributed by atoms with Gasteiger partial charge in [0.25, 0.3) is 0 Å². The Bertz CT molecular complexity index is 784. The summed E-state index contributed by atoms with van der Waals surface area (Å²) in [7, 11) is 2.83. The summed E-state index contributed by atoms with van der Waals surface area (Å²) in [6.45, 7) is 2.90. The molecule has 0 radical (unpaired) electrons. The molecule has 30 heavy (non-hydrogen) atoms. The van der Waals surface area contributed by atoms with Crippen molar-refractivity contribution >= 4 is 11.9 Å². The van der Waals surface area contributed by atoms with E-state index in [0.717, 1.165) is 25.2 Å². The van der Waals surface area contributed by atoms with E-state index in [-0.39, 0.29) is 36.9 Å². The first-order valence-corrected chi connectivity index (χ1v) is 10.3. The highest BCUT2D eigenvalue weighted by atomic mass is 16.5. The van der Waals surface area contributed by atoms with E-state index in [1.54, 1.807) is 0 Å². The fraction of sp³-hybridized carbons (Fsp3) is 0.417. The van der Waals surface area contributed by atoms with E-state index in [0.29, 0.717) is 6.54 Å². The van der Waals surface area contributed by atoms with Gasteiger partial charge in [0.1, 0.15) is 0 Å². The maximum absolute atomic E-state index is 12.2. The molecule has 0 bridgehead atoms. The zero-order valence-corrected chi connectivity index (χ0v) is 17.7. The quantitative estimate of drug-likeness (QED) is 0.624. The van der Waals surface area contributed by atoms with Crippen molar-refractivity contribution in [3.8, 4) is 0 Å². The lowest BCUT2D eigenvalue weighted by molar-refractivity contribution is -0.145. The Hall–Kier alpha value is -2.70. The number of carbonyl (C=O) groups is 2. The predicted molar refractivity (Wildman–Crippen MR) is 115 cm³/mol. The molecule has 2 aromatic rings. The normalized spacial score (nSPS) is 19.9. The van der Waals surface area contributed by atoms with Crippen LogP contribution in [0.2, 0.25) is 0 Å². The molecule has 1 heterocycles. The number of benzene rings is 2. The molecular weight excluding hydrogens is 380 g/mol. The highest BCUT2D eigenvalue weighted by molar-refractivity contribution is 5.71. The van der Waals surface area contributed by atoms with Crippen LogP contribution in [0.5, 0.6) is 0 Å². The Labute approximate surface area is 178 Å². The third-order valence-corrected chi connectivity index (χ3v) is 5.59. The lowest BCUT2D eigenvalue weighted by atomic mass is 9.98. The monoisotopic (exact) mass is 410 g/mol. The van der Waals surface area contributed by atoms with Gasteiger partial charge in [-0.3, -0.25) is 19.4 Å². The van der Waals surface area contributed by atoms with Crippen molar-refractivity contribution in [1.29, 1.82) is 0 Å². The number of carbonyl (C=O) groups excluding carboxylic acids is 2. The Morgan fingerprint density at radius 1 is 0.767 bits per heavy atom. The predicted octanol–water partition coefficient (Wildman–Crippen LogP) is 2.87. The highest BCUT2D eigenvalue weighted by Gasteiger charge is 2.37. The molecule has 0 aromatic heterocycles. The van der Waals surface area contributed by atoms with Crippen LogP contribution in [0.1, 0.15) is 24.0 Å². The molecule has 2 unspecified atom stereocenters. The van der Waals surface area contributed by atoms with E-state index in [2.05, 4.69) is 34.1 Å². The lowest BCUT2D eigenvalue weighted by Crippen LogP contribution is -2.59. The summed E-state index contributed by atoms with van der Waals surface area (Å²) >= 11 is 0. The first kappa shape index (κ1) is 22.0. The van der Waals surface area contributed by atoms with Crippen molar-refractivity contribution in [3.05, 3.63) is 71.8 Å². The second kappa shape index (κ2) is 10.9. The fourth-order valence-corrected chi connectivity index (χ4v) is 4.12. The van der Waals surface area contributed by atoms with E-state index in [9.17, 15) is 9.59 Å². The number of rotatable bonds is 8. The summed E-state index contributed by atoms with van der Waals surface area (Å²) in [4.78, 5) is 28.9. The molecule has 0 spiro atoms. The molecule has 1 fully saturated rings. The van der Waals surface area contributed by atoms with Gasteiger partial charge in [-0.1, -0.05) is 60.7 Å². The molecule has 1 aliphatic rings. The molecule has 2 atom stereocenters. The summed E-state index contributed by atoms with van der Waals surface area (Å²) in [6, 6.07) is 20.3. The van der Waals surface area contributed by atoms with Gasteiger partial charge in [-0.05, 0) is 11.1 Å². The number of piperazine rings is 1. The summed E-state index contributed by atoms with van der Waals surface area (Å²) in [5.41, 5.74) is 2.36. The van der Waals surface area contributed by atoms with Crippen molar-refractivity contribution in [3.63, 3.8) is 0 Å². The third-order valence-electron chi connectivity index (χ3n) is 5.59. The molecule has 160 valence electrons. The number of esters is 2. The van der Waals surface area contributed by atoms with Gasteiger partial charge >= 0.3 is 11.9 Å². The minimum atomic E-state index is -0.239. The summed E-state index contributed by atoms with van der Waals surface area (Å²) in [5, 5.41) is 0. The average Bonchev–Trinajstić information content (AvgIpc) is 2.77. The molecule has 1 aliphatic heterocycles. The standard InChI is InChI=1S/C24H30N2O4/c1-29-23(27)13-21-17-25(15-19-9-5-3-6-10-19)18-22(14-24(28)30-2)26(21)16-20-11-7-4-8-12-20/h3-12,21-22H,13-18H2,1-2H3. The van der Waals surface area contributed by atoms with Crippen molar-refractivity contribution in [2.45, 2.75) is 38.0 Å². The SMILES string of the molecule is COC(=O)CC1CN(Cc2ccccc2)CC(CC(=O)OC)N1Cc1ccccc1. The Morgan fingerprint density at radius 3 is 1.63 bits per heavy atom. The summed E-state index contributed by atoms with van der Waals surface area (Å²) in [5.74, 6) is -0.479. The van der Waals surface area contributed by atoms with Crippen LogP contribution in [0.15, 0.2) is 60.7 Å². The molecule has 2 aromatic carbocycles. The second-order valence-corrected chi connectivity index (χ2v) is 7.71. The number of ether oxygens (including phenoxy) is 2. The molecule has 0 aliphatic carbocycles. The number of hydrogen-bond donors (Lipinski definition) is 0. The maximum Gasteiger partial charge on any atom is 0.307 e. The first-order chi connectivity index (χ1) is 14.6. The van der Waals surface area contributed by atoms with Gasteiger partial charge < -0.3 is 9.47 Å². The third kappa shape index (κ3) is 6.15. The van der Waals surface area contributed by atoms with Crippen molar-refractivity contribution in [1.82, 2.24) is 9.80 Å². The van der Waals surface area contributed by atoms with E-state index >= 15 is 0 Å². The van der Waals surface area contributed by atoms with Gasteiger partial charge in [-0.2, -0.15) is 0 Å². The minimum absolute atomic E-state index is 0.0511. The van der Waals surface area contributed by atoms with Crippen LogP contribution in [0.3, 0.4) is 0 Å². The van der Waals surface area contributed by atoms with Crippen LogP contribution in [-0.4, -0.2) is 61.1 Å². The van der Waals surface area contributed by atoms with E-state index < -0.39 is 0 Å². The zero-order chi connectivity index (χ0) is 21.3. The number of nitrogens with zero attached hydrogens (tertiary/aromatic N) is 2. The average molecular weight is 411 g/mol. The van der Waals surface area contributed by atoms with Gasteiger partial charge in [0, 0.05) is 38.3 Å². The van der Waals surface area contributed by atoms with Crippen LogP contribution in [-0.2, 0) is 32.2 Å². The summed E-state index contributed by atoms with van der Waals surface area (Å²) < 4.78 is 9.93. The second-order valence-electron chi connectivity index (χ2n) is 7.71. The molecule has 0 amide bonds. The molecular formula is C24H30N2O4. The van der Waals surface area contributed by atoms with Crippen LogP contribution < -0.4 is 0 Å². The smallest absolute Gasteiger partial charge is 0.307 e. The van der Waals surface area contributed by atoms with Crippen LogP contribution in [0, 0.1) is 0 Å². The highest BCUT2D eigenvalue weighted by Crippen LogP contribution is 2.25. The number of methoxy groups -OCH3 is 2. The van der Waals surface area contributed by atoms with Crippen LogP contribution in [0.4, 0.5) is 0 Å². The summed E-state index contributed by atoms with van der Waals surface area (Å²) in [6.07, 6.45) is 0.568. The molecule has 6 nitrogen and oxygen atoms in total. The molecule has 6 heteroatoms. The van der Waals surface area contributed by atoms with Gasteiger partial charge in [0.05, 0.1) is 27.1 Å². The van der Waals surface area contributed by atoms with Gasteiger partial charge in [-0.15, -0.1) is 0 Å². The zero-order valence-electron chi connectivity index (χ0n) is 17.7. The van der Waals surface area contributed by atoms with Crippen molar-refractivity contribution in [2.75, 3.05) is 27.3 Å². The van der Waals surface area contributed by atoms with Gasteiger partial charge in [0.2, 0.25) is 0 Å². The lowest BCUT2D eigenvalue weighted by Gasteiger charge is -2.46. The van der Waals surface area contributed by atoms with Gasteiger partial charge in [0.15, 0.2) is 0 Å². The fourth-order valence-electron chi connectivity index (χ4n) is 4.12. The van der Waals surface area contributed by atoms with Crippen LogP contribution in [0.25, 0.3) is 0 Å². The van der Waals surface area contributed by atoms with Crippen LogP contribution >= 0.6 is 0 Å². The van der Waals surface area contributed by atoms with Gasteiger partial charge in [-0.25, -0.2) is 0 Å². The molecule has 0 N–H and O–H groups in total. The van der Waals surface area contributed by atoms with Crippen molar-refractivity contribution < 1.29 is 19.1 Å². The van der Waals surface area contributed by atoms with Crippen molar-refractivity contribution in [2.24, 2.45) is 0 Å². The molecule has 3 rings (SSSR count). The maximum atomic E-state index is 12.2. The Balaban J connectivity index is 1.84. The largest absolute Gasteiger partial charge is 0.469 e. The number of hydrogen-bond acceptors (Lipinski definition) is 6. The topological polar surface area (TPSA) is 59.1 Å². The van der Waals surface area contributed by atoms with E-state index in [1.165, 1.54) is 19.8 Å². The first-order valence-electron chi connectivity index (χ1n) is 10.3. The van der Waals surface area contributed by atoms with E-state index in [1.807, 2.05) is 36.4 Å². The van der Waals surface area contributed by atoms with E-state index in [4.69, 9.17) is 9.47 Å². The molecule has 1 saturated heterocycles. The molecule has 0 saturated carbocycles. The Morgan fingerprint density at radius 2 is 1.20 bits per heavy atom. The Kier molecular flexibility index (Phi) is 7.99.